The van der Waals surface area contributed by atoms with Crippen LogP contribution in [0.25, 0.3) is 0 Å². The molecular formula is C10H14FO2P. The van der Waals surface area contributed by atoms with Crippen LogP contribution in [0.4, 0.5) is 4.39 Å². The van der Waals surface area contributed by atoms with Crippen LogP contribution in [0.2, 0.25) is 0 Å². The third kappa shape index (κ3) is 4.66. The van der Waals surface area contributed by atoms with E-state index < -0.39 is 8.38 Å². The molecule has 0 spiro atoms. The summed E-state index contributed by atoms with van der Waals surface area (Å²) in [4.78, 5) is 17.3. The molecule has 0 aromatic heterocycles. The van der Waals surface area contributed by atoms with Gasteiger partial charge in [0, 0.05) is 6.16 Å². The highest BCUT2D eigenvalue weighted by molar-refractivity contribution is 7.45. The van der Waals surface area contributed by atoms with Gasteiger partial charge in [-0.05, 0) is 37.0 Å². The first-order chi connectivity index (χ1) is 6.68. The average molecular weight is 216 g/mol. The second kappa shape index (κ2) is 6.07. The van der Waals surface area contributed by atoms with Crippen LogP contribution in [-0.4, -0.2) is 15.9 Å². The third-order valence-corrected chi connectivity index (χ3v) is 2.70. The Hall–Kier alpha value is -0.500. The summed E-state index contributed by atoms with van der Waals surface area (Å²) >= 11 is 0. The summed E-state index contributed by atoms with van der Waals surface area (Å²) in [5.41, 5.74) is 1.09. The van der Waals surface area contributed by atoms with Crippen LogP contribution in [-0.2, 0) is 6.42 Å². The first kappa shape index (κ1) is 11.6. The van der Waals surface area contributed by atoms with Crippen molar-refractivity contribution in [3.8, 4) is 0 Å². The van der Waals surface area contributed by atoms with E-state index in [0.717, 1.165) is 24.8 Å². The van der Waals surface area contributed by atoms with Crippen molar-refractivity contribution in [3.63, 3.8) is 0 Å². The van der Waals surface area contributed by atoms with Gasteiger partial charge in [-0.2, -0.15) is 0 Å². The summed E-state index contributed by atoms with van der Waals surface area (Å²) < 4.78 is 12.5. The van der Waals surface area contributed by atoms with E-state index in [1.165, 1.54) is 12.1 Å². The molecule has 0 heterocycles. The lowest BCUT2D eigenvalue weighted by molar-refractivity contribution is 0.479. The Morgan fingerprint density at radius 2 is 1.71 bits per heavy atom. The fraction of sp³-hybridized carbons (Fsp3) is 0.400. The molecule has 0 aliphatic rings. The number of benzene rings is 1. The number of hydrogen-bond donors (Lipinski definition) is 2. The van der Waals surface area contributed by atoms with Crippen LogP contribution in [0.1, 0.15) is 18.4 Å². The van der Waals surface area contributed by atoms with Crippen molar-refractivity contribution in [3.05, 3.63) is 35.6 Å². The topological polar surface area (TPSA) is 40.5 Å². The maximum atomic E-state index is 12.5. The van der Waals surface area contributed by atoms with Gasteiger partial charge in [0.2, 0.25) is 0 Å². The van der Waals surface area contributed by atoms with Crippen LogP contribution in [0, 0.1) is 5.82 Å². The minimum absolute atomic E-state index is 0.219. The zero-order chi connectivity index (χ0) is 10.4. The van der Waals surface area contributed by atoms with E-state index in [9.17, 15) is 4.39 Å². The average Bonchev–Trinajstić information content (AvgIpc) is 2.15. The molecule has 1 aromatic carbocycles. The molecule has 0 aliphatic heterocycles. The number of halogens is 1. The van der Waals surface area contributed by atoms with Gasteiger partial charge in [0.25, 0.3) is 0 Å². The second-order valence-electron chi connectivity index (χ2n) is 3.18. The first-order valence-corrected chi connectivity index (χ1v) is 6.01. The lowest BCUT2D eigenvalue weighted by Crippen LogP contribution is -1.89. The maximum absolute atomic E-state index is 12.5. The van der Waals surface area contributed by atoms with Gasteiger partial charge in [0.05, 0.1) is 0 Å². The van der Waals surface area contributed by atoms with E-state index in [2.05, 4.69) is 0 Å². The first-order valence-electron chi connectivity index (χ1n) is 4.58. The van der Waals surface area contributed by atoms with Gasteiger partial charge in [0.1, 0.15) is 5.82 Å². The molecule has 0 bridgehead atoms. The van der Waals surface area contributed by atoms with Crippen LogP contribution in [0.15, 0.2) is 24.3 Å². The predicted octanol–water partition coefficient (Wildman–Crippen LogP) is 2.44. The molecule has 2 nitrogen and oxygen atoms in total. The lowest BCUT2D eigenvalue weighted by Gasteiger charge is -2.02. The van der Waals surface area contributed by atoms with E-state index >= 15 is 0 Å². The van der Waals surface area contributed by atoms with Crippen molar-refractivity contribution in [1.82, 2.24) is 0 Å². The zero-order valence-electron chi connectivity index (χ0n) is 7.86. The Labute approximate surface area is 84.3 Å². The number of rotatable bonds is 5. The SMILES string of the molecule is OP(O)CCCCc1ccc(F)cc1. The Balaban J connectivity index is 2.21. The van der Waals surface area contributed by atoms with E-state index in [1.807, 2.05) is 0 Å². The number of aryl methyl sites for hydroxylation is 1. The fourth-order valence-electron chi connectivity index (χ4n) is 1.23. The smallest absolute Gasteiger partial charge is 0.164 e. The predicted molar refractivity (Wildman–Crippen MR) is 55.6 cm³/mol. The summed E-state index contributed by atoms with van der Waals surface area (Å²) in [7, 11) is -1.75. The molecule has 0 radical (unpaired) electrons. The fourth-order valence-corrected chi connectivity index (χ4v) is 1.74. The molecule has 0 atom stereocenters. The molecule has 0 unspecified atom stereocenters. The Morgan fingerprint density at radius 1 is 1.07 bits per heavy atom. The van der Waals surface area contributed by atoms with Gasteiger partial charge >= 0.3 is 0 Å². The Morgan fingerprint density at radius 3 is 2.29 bits per heavy atom. The van der Waals surface area contributed by atoms with Gasteiger partial charge in [-0.15, -0.1) is 0 Å². The highest BCUT2D eigenvalue weighted by atomic mass is 31.2. The molecule has 0 fully saturated rings. The molecule has 2 N–H and O–H groups in total. The summed E-state index contributed by atoms with van der Waals surface area (Å²) in [5.74, 6) is -0.219. The zero-order valence-corrected chi connectivity index (χ0v) is 8.75. The molecule has 78 valence electrons. The van der Waals surface area contributed by atoms with Crippen LogP contribution in [0.5, 0.6) is 0 Å². The van der Waals surface area contributed by atoms with E-state index in [1.54, 1.807) is 12.1 Å². The third-order valence-electron chi connectivity index (χ3n) is 1.99. The van der Waals surface area contributed by atoms with Crippen LogP contribution >= 0.6 is 8.38 Å². The summed E-state index contributed by atoms with van der Waals surface area (Å²) in [6.45, 7) is 0. The lowest BCUT2D eigenvalue weighted by atomic mass is 10.1. The summed E-state index contributed by atoms with van der Waals surface area (Å²) in [6, 6.07) is 6.41. The number of hydrogen-bond acceptors (Lipinski definition) is 2. The van der Waals surface area contributed by atoms with Crippen molar-refractivity contribution in [1.29, 1.82) is 0 Å². The van der Waals surface area contributed by atoms with Gasteiger partial charge < -0.3 is 9.79 Å². The number of unbranched alkanes of at least 4 members (excludes halogenated alkanes) is 1. The summed E-state index contributed by atoms with van der Waals surface area (Å²) in [6.07, 6.45) is 3.04. The van der Waals surface area contributed by atoms with Gasteiger partial charge in [-0.1, -0.05) is 12.1 Å². The van der Waals surface area contributed by atoms with Gasteiger partial charge in [-0.3, -0.25) is 0 Å². The van der Waals surface area contributed by atoms with Gasteiger partial charge in [-0.25, -0.2) is 4.39 Å². The quantitative estimate of drug-likeness (QED) is 0.586. The highest BCUT2D eigenvalue weighted by Gasteiger charge is 1.98. The molecule has 0 aliphatic carbocycles. The highest BCUT2D eigenvalue weighted by Crippen LogP contribution is 2.24. The molecule has 1 rings (SSSR count). The standard InChI is InChI=1S/C10H14FO2P/c11-10-6-4-9(5-7-10)3-1-2-8-14(12)13/h4-7,12-13H,1-3,8H2. The molecule has 1 aromatic rings. The Bertz CT molecular complexity index is 261. The van der Waals surface area contributed by atoms with Gasteiger partial charge in [0.15, 0.2) is 8.38 Å². The van der Waals surface area contributed by atoms with Crippen LogP contribution < -0.4 is 0 Å². The molecule has 14 heavy (non-hydrogen) atoms. The van der Waals surface area contributed by atoms with E-state index in [0.29, 0.717) is 6.16 Å². The van der Waals surface area contributed by atoms with E-state index in [4.69, 9.17) is 9.79 Å². The van der Waals surface area contributed by atoms with Crippen LogP contribution in [0.3, 0.4) is 0 Å². The van der Waals surface area contributed by atoms with E-state index in [-0.39, 0.29) is 5.82 Å². The second-order valence-corrected chi connectivity index (χ2v) is 4.37. The van der Waals surface area contributed by atoms with Crippen molar-refractivity contribution >= 4 is 8.38 Å². The molecular weight excluding hydrogens is 202 g/mol. The van der Waals surface area contributed by atoms with Crippen molar-refractivity contribution < 1.29 is 14.2 Å². The molecule has 0 saturated carbocycles. The monoisotopic (exact) mass is 216 g/mol. The van der Waals surface area contributed by atoms with Crippen molar-refractivity contribution in [2.24, 2.45) is 0 Å². The largest absolute Gasteiger partial charge is 0.350 e. The Kier molecular flexibility index (Phi) is 5.02. The minimum Gasteiger partial charge on any atom is -0.350 e. The maximum Gasteiger partial charge on any atom is 0.164 e. The normalized spacial score (nSPS) is 10.9. The molecule has 0 amide bonds. The summed E-state index contributed by atoms with van der Waals surface area (Å²) in [5, 5.41) is 0. The van der Waals surface area contributed by atoms with Crippen molar-refractivity contribution in [2.45, 2.75) is 19.3 Å². The minimum atomic E-state index is -1.75. The molecule has 4 heteroatoms. The molecule has 0 saturated heterocycles. The van der Waals surface area contributed by atoms with Crippen molar-refractivity contribution in [2.75, 3.05) is 6.16 Å².